The van der Waals surface area contributed by atoms with Crippen molar-refractivity contribution in [3.05, 3.63) is 33.8 Å². The first-order valence-corrected chi connectivity index (χ1v) is 9.88. The molecule has 148 valence electrons. The number of carbonyl (C=O) groups is 3. The average Bonchev–Trinajstić information content (AvgIpc) is 2.64. The molecule has 8 heteroatoms. The van der Waals surface area contributed by atoms with Crippen molar-refractivity contribution in [3.63, 3.8) is 0 Å². The Kier molecular flexibility index (Phi) is 7.92. The Morgan fingerprint density at radius 1 is 1.15 bits per heavy atom. The molecule has 6 nitrogen and oxygen atoms in total. The van der Waals surface area contributed by atoms with Crippen molar-refractivity contribution in [1.82, 2.24) is 15.5 Å². The SMILES string of the molecule is CCC(=O)NC(=O)NC[C@H](C)C(=O)N1CCC(c2cc(Cl)cc(Cl)c2)CC1. The van der Waals surface area contributed by atoms with Crippen molar-refractivity contribution in [1.29, 1.82) is 0 Å². The van der Waals surface area contributed by atoms with Gasteiger partial charge < -0.3 is 10.2 Å². The summed E-state index contributed by atoms with van der Waals surface area (Å²) in [6, 6.07) is 5.00. The van der Waals surface area contributed by atoms with Gasteiger partial charge in [-0.3, -0.25) is 14.9 Å². The lowest BCUT2D eigenvalue weighted by molar-refractivity contribution is -0.135. The number of likely N-dealkylation sites (tertiary alicyclic amines) is 1. The van der Waals surface area contributed by atoms with Crippen LogP contribution in [0.3, 0.4) is 0 Å². The van der Waals surface area contributed by atoms with E-state index in [1.54, 1.807) is 19.9 Å². The molecule has 2 N–H and O–H groups in total. The first-order valence-electron chi connectivity index (χ1n) is 9.12. The van der Waals surface area contributed by atoms with E-state index in [9.17, 15) is 14.4 Å². The van der Waals surface area contributed by atoms with E-state index in [1.807, 2.05) is 17.0 Å². The molecule has 0 aromatic heterocycles. The minimum Gasteiger partial charge on any atom is -0.342 e. The van der Waals surface area contributed by atoms with Gasteiger partial charge in [0.05, 0.1) is 5.92 Å². The number of amides is 4. The van der Waals surface area contributed by atoms with Crippen LogP contribution in [0.1, 0.15) is 44.6 Å². The predicted molar refractivity (Wildman–Crippen MR) is 106 cm³/mol. The number of piperidine rings is 1. The second kappa shape index (κ2) is 9.95. The van der Waals surface area contributed by atoms with Crippen LogP contribution in [0.5, 0.6) is 0 Å². The summed E-state index contributed by atoms with van der Waals surface area (Å²) >= 11 is 12.2. The summed E-state index contributed by atoms with van der Waals surface area (Å²) in [7, 11) is 0. The molecule has 0 aliphatic carbocycles. The van der Waals surface area contributed by atoms with Gasteiger partial charge in [0.15, 0.2) is 0 Å². The fourth-order valence-corrected chi connectivity index (χ4v) is 3.69. The number of benzene rings is 1. The third-order valence-electron chi connectivity index (χ3n) is 4.73. The standard InChI is InChI=1S/C19H25Cl2N3O3/c1-3-17(25)23-19(27)22-11-12(2)18(26)24-6-4-13(5-7-24)14-8-15(20)10-16(21)9-14/h8-10,12-13H,3-7,11H2,1-2H3,(H2,22,23,25,27)/t12-/m0/s1. The number of imide groups is 1. The second-order valence-corrected chi connectivity index (χ2v) is 7.69. The molecule has 0 bridgehead atoms. The van der Waals surface area contributed by atoms with Gasteiger partial charge in [0, 0.05) is 36.1 Å². The molecule has 0 saturated carbocycles. The smallest absolute Gasteiger partial charge is 0.321 e. The Morgan fingerprint density at radius 3 is 2.30 bits per heavy atom. The molecule has 4 amide bonds. The average molecular weight is 414 g/mol. The highest BCUT2D eigenvalue weighted by Crippen LogP contribution is 2.32. The minimum absolute atomic E-state index is 0.000283. The summed E-state index contributed by atoms with van der Waals surface area (Å²) in [5.74, 6) is -0.386. The van der Waals surface area contributed by atoms with Crippen LogP contribution in [-0.2, 0) is 9.59 Å². The topological polar surface area (TPSA) is 78.5 Å². The lowest BCUT2D eigenvalue weighted by Gasteiger charge is -2.34. The van der Waals surface area contributed by atoms with Gasteiger partial charge >= 0.3 is 6.03 Å². The van der Waals surface area contributed by atoms with Crippen molar-refractivity contribution >= 4 is 41.0 Å². The maximum absolute atomic E-state index is 12.6. The number of hydrogen-bond acceptors (Lipinski definition) is 3. The fourth-order valence-electron chi connectivity index (χ4n) is 3.15. The molecular formula is C19H25Cl2N3O3. The number of nitrogens with one attached hydrogen (secondary N) is 2. The summed E-state index contributed by atoms with van der Waals surface area (Å²) in [6.45, 7) is 4.92. The van der Waals surface area contributed by atoms with Gasteiger partial charge in [0.2, 0.25) is 11.8 Å². The van der Waals surface area contributed by atoms with Crippen LogP contribution in [0.4, 0.5) is 4.79 Å². The Balaban J connectivity index is 1.81. The minimum atomic E-state index is -0.571. The van der Waals surface area contributed by atoms with Crippen LogP contribution < -0.4 is 10.6 Å². The molecule has 0 spiro atoms. The van der Waals surface area contributed by atoms with Crippen molar-refractivity contribution in [2.45, 2.75) is 39.0 Å². The van der Waals surface area contributed by atoms with Crippen molar-refractivity contribution in [2.75, 3.05) is 19.6 Å². The molecule has 2 rings (SSSR count). The Bertz CT molecular complexity index is 683. The number of carbonyl (C=O) groups excluding carboxylic acids is 3. The van der Waals surface area contributed by atoms with Gasteiger partial charge in [-0.05, 0) is 42.5 Å². The maximum Gasteiger partial charge on any atom is 0.321 e. The third-order valence-corrected chi connectivity index (χ3v) is 5.16. The van der Waals surface area contributed by atoms with E-state index >= 15 is 0 Å². The van der Waals surface area contributed by atoms with E-state index in [0.717, 1.165) is 18.4 Å². The predicted octanol–water partition coefficient (Wildman–Crippen LogP) is 3.57. The number of hydrogen-bond donors (Lipinski definition) is 2. The zero-order chi connectivity index (χ0) is 20.0. The molecule has 1 fully saturated rings. The highest BCUT2D eigenvalue weighted by Gasteiger charge is 2.27. The van der Waals surface area contributed by atoms with Gasteiger partial charge in [-0.1, -0.05) is 37.0 Å². The van der Waals surface area contributed by atoms with Gasteiger partial charge in [-0.2, -0.15) is 0 Å². The van der Waals surface area contributed by atoms with E-state index in [0.29, 0.717) is 29.1 Å². The van der Waals surface area contributed by atoms with Crippen molar-refractivity contribution in [2.24, 2.45) is 5.92 Å². The molecule has 1 aliphatic heterocycles. The highest BCUT2D eigenvalue weighted by atomic mass is 35.5. The second-order valence-electron chi connectivity index (χ2n) is 6.82. The number of rotatable bonds is 5. The summed E-state index contributed by atoms with van der Waals surface area (Å²) < 4.78 is 0. The van der Waals surface area contributed by atoms with Crippen LogP contribution in [0.2, 0.25) is 10.0 Å². The van der Waals surface area contributed by atoms with Gasteiger partial charge in [-0.15, -0.1) is 0 Å². The number of urea groups is 1. The van der Waals surface area contributed by atoms with E-state index in [2.05, 4.69) is 10.6 Å². The molecule has 1 aromatic carbocycles. The van der Waals surface area contributed by atoms with E-state index in [1.165, 1.54) is 0 Å². The maximum atomic E-state index is 12.6. The fraction of sp³-hybridized carbons (Fsp3) is 0.526. The van der Waals surface area contributed by atoms with Gasteiger partial charge in [-0.25, -0.2) is 4.79 Å². The van der Waals surface area contributed by atoms with Gasteiger partial charge in [0.25, 0.3) is 0 Å². The molecule has 0 unspecified atom stereocenters. The van der Waals surface area contributed by atoms with Crippen LogP contribution in [-0.4, -0.2) is 42.4 Å². The molecule has 1 atom stereocenters. The Labute approximate surface area is 169 Å². The lowest BCUT2D eigenvalue weighted by atomic mass is 9.89. The molecule has 0 radical (unpaired) electrons. The lowest BCUT2D eigenvalue weighted by Crippen LogP contribution is -2.46. The van der Waals surface area contributed by atoms with Gasteiger partial charge in [0.1, 0.15) is 0 Å². The van der Waals surface area contributed by atoms with Crippen LogP contribution >= 0.6 is 23.2 Å². The summed E-state index contributed by atoms with van der Waals surface area (Å²) in [6.07, 6.45) is 1.91. The normalized spacial score (nSPS) is 15.9. The zero-order valence-electron chi connectivity index (χ0n) is 15.6. The van der Waals surface area contributed by atoms with E-state index in [4.69, 9.17) is 23.2 Å². The summed E-state index contributed by atoms with van der Waals surface area (Å²) in [5.41, 5.74) is 1.10. The van der Waals surface area contributed by atoms with Crippen molar-refractivity contribution in [3.8, 4) is 0 Å². The molecule has 1 heterocycles. The van der Waals surface area contributed by atoms with Crippen LogP contribution in [0.25, 0.3) is 0 Å². The molecule has 1 aromatic rings. The van der Waals surface area contributed by atoms with Crippen molar-refractivity contribution < 1.29 is 14.4 Å². The first-order chi connectivity index (χ1) is 12.8. The van der Waals surface area contributed by atoms with E-state index < -0.39 is 6.03 Å². The molecule has 27 heavy (non-hydrogen) atoms. The zero-order valence-corrected chi connectivity index (χ0v) is 17.1. The summed E-state index contributed by atoms with van der Waals surface area (Å²) in [5, 5.41) is 6.01. The largest absolute Gasteiger partial charge is 0.342 e. The molecule has 1 saturated heterocycles. The monoisotopic (exact) mass is 413 g/mol. The summed E-state index contributed by atoms with van der Waals surface area (Å²) in [4.78, 5) is 37.2. The highest BCUT2D eigenvalue weighted by molar-refractivity contribution is 6.34. The quantitative estimate of drug-likeness (QED) is 0.773. The van der Waals surface area contributed by atoms with E-state index in [-0.39, 0.29) is 30.7 Å². The molecule has 1 aliphatic rings. The third kappa shape index (κ3) is 6.40. The van der Waals surface area contributed by atoms with Crippen LogP contribution in [0.15, 0.2) is 18.2 Å². The molecular weight excluding hydrogens is 389 g/mol. The Hall–Kier alpha value is -1.79. The first kappa shape index (κ1) is 21.5. The Morgan fingerprint density at radius 2 is 1.74 bits per heavy atom. The van der Waals surface area contributed by atoms with Crippen LogP contribution in [0, 0.1) is 5.92 Å². The number of halogens is 2. The number of nitrogens with zero attached hydrogens (tertiary/aromatic N) is 1.